The minimum absolute atomic E-state index is 0.106. The van der Waals surface area contributed by atoms with E-state index in [-0.39, 0.29) is 18.4 Å². The molecule has 1 aliphatic rings. The van der Waals surface area contributed by atoms with Gasteiger partial charge in [-0.2, -0.15) is 0 Å². The average Bonchev–Trinajstić information content (AvgIpc) is 2.83. The van der Waals surface area contributed by atoms with Crippen LogP contribution < -0.4 is 20.3 Å². The van der Waals surface area contributed by atoms with Crippen molar-refractivity contribution >= 4 is 23.2 Å². The number of benzene rings is 2. The smallest absolute Gasteiger partial charge is 0.238 e. The summed E-state index contributed by atoms with van der Waals surface area (Å²) in [6, 6.07) is 14.9. The number of carbonyl (C=O) groups excluding carboxylic acids is 2. The highest BCUT2D eigenvalue weighted by atomic mass is 16.5. The summed E-state index contributed by atoms with van der Waals surface area (Å²) in [6.45, 7) is 5.45. The number of ether oxygens (including phenoxy) is 2. The third kappa shape index (κ3) is 6.45. The van der Waals surface area contributed by atoms with Gasteiger partial charge >= 0.3 is 0 Å². The number of amides is 2. The van der Waals surface area contributed by atoms with Crippen LogP contribution in [0, 0.1) is 0 Å². The standard InChI is InChI=1S/C24H32N4O4/c1-18(24(30)25-16-19-6-4-5-7-22(19)31-3)27(2)17-23(29)26-20-8-10-21(11-9-20)28-12-14-32-15-13-28/h4-11,18H,12-17H2,1-3H3,(H,25,30)(H,26,29). The molecule has 1 fully saturated rings. The fraction of sp³-hybridized carbons (Fsp3) is 0.417. The Hall–Kier alpha value is -3.10. The summed E-state index contributed by atoms with van der Waals surface area (Å²) in [5.74, 6) is 0.407. The molecule has 1 heterocycles. The predicted octanol–water partition coefficient (Wildman–Crippen LogP) is 2.11. The molecule has 3 rings (SSSR count). The van der Waals surface area contributed by atoms with Crippen LogP contribution in [-0.4, -0.2) is 69.8 Å². The monoisotopic (exact) mass is 440 g/mol. The third-order valence-electron chi connectivity index (χ3n) is 5.61. The van der Waals surface area contributed by atoms with Gasteiger partial charge in [0, 0.05) is 36.6 Å². The van der Waals surface area contributed by atoms with Crippen LogP contribution in [0.2, 0.25) is 0 Å². The second kappa shape index (κ2) is 11.5. The van der Waals surface area contributed by atoms with Gasteiger partial charge in [0.2, 0.25) is 11.8 Å². The first kappa shape index (κ1) is 23.6. The second-order valence-electron chi connectivity index (χ2n) is 7.82. The normalized spacial score (nSPS) is 14.7. The molecule has 1 unspecified atom stereocenters. The van der Waals surface area contributed by atoms with E-state index in [9.17, 15) is 9.59 Å². The van der Waals surface area contributed by atoms with Crippen molar-refractivity contribution in [2.45, 2.75) is 19.5 Å². The second-order valence-corrected chi connectivity index (χ2v) is 7.82. The maximum Gasteiger partial charge on any atom is 0.238 e. The Kier molecular flexibility index (Phi) is 8.47. The zero-order valence-electron chi connectivity index (χ0n) is 19.0. The number of hydrogen-bond donors (Lipinski definition) is 2. The van der Waals surface area contributed by atoms with E-state index >= 15 is 0 Å². The molecule has 2 aromatic carbocycles. The fourth-order valence-electron chi connectivity index (χ4n) is 3.52. The predicted molar refractivity (Wildman–Crippen MR) is 125 cm³/mol. The Morgan fingerprint density at radius 3 is 2.50 bits per heavy atom. The number of hydrogen-bond acceptors (Lipinski definition) is 6. The van der Waals surface area contributed by atoms with Gasteiger partial charge in [0.25, 0.3) is 0 Å². The molecule has 1 aliphatic heterocycles. The minimum Gasteiger partial charge on any atom is -0.496 e. The van der Waals surface area contributed by atoms with Crippen LogP contribution in [0.1, 0.15) is 12.5 Å². The molecular weight excluding hydrogens is 408 g/mol. The summed E-state index contributed by atoms with van der Waals surface area (Å²) >= 11 is 0. The number of methoxy groups -OCH3 is 1. The fourth-order valence-corrected chi connectivity index (χ4v) is 3.52. The summed E-state index contributed by atoms with van der Waals surface area (Å²) in [7, 11) is 3.36. The summed E-state index contributed by atoms with van der Waals surface area (Å²) < 4.78 is 10.7. The summed E-state index contributed by atoms with van der Waals surface area (Å²) in [5.41, 5.74) is 2.74. The van der Waals surface area contributed by atoms with Crippen LogP contribution in [-0.2, 0) is 20.9 Å². The highest BCUT2D eigenvalue weighted by Gasteiger charge is 2.20. The van der Waals surface area contributed by atoms with Crippen LogP contribution >= 0.6 is 0 Å². The molecule has 32 heavy (non-hydrogen) atoms. The van der Waals surface area contributed by atoms with Crippen molar-refractivity contribution in [3.05, 3.63) is 54.1 Å². The van der Waals surface area contributed by atoms with Crippen molar-refractivity contribution in [2.24, 2.45) is 0 Å². The molecule has 2 amide bonds. The van der Waals surface area contributed by atoms with Gasteiger partial charge in [0.05, 0.1) is 32.9 Å². The first-order valence-corrected chi connectivity index (χ1v) is 10.8. The van der Waals surface area contributed by atoms with E-state index in [0.29, 0.717) is 6.54 Å². The number of nitrogens with zero attached hydrogens (tertiary/aromatic N) is 2. The van der Waals surface area contributed by atoms with Crippen molar-refractivity contribution < 1.29 is 19.1 Å². The summed E-state index contributed by atoms with van der Waals surface area (Å²) in [4.78, 5) is 29.0. The number of anilines is 2. The molecule has 0 spiro atoms. The highest BCUT2D eigenvalue weighted by molar-refractivity contribution is 5.93. The third-order valence-corrected chi connectivity index (χ3v) is 5.61. The van der Waals surface area contributed by atoms with E-state index in [4.69, 9.17) is 9.47 Å². The van der Waals surface area contributed by atoms with Crippen molar-refractivity contribution in [3.8, 4) is 5.75 Å². The Morgan fingerprint density at radius 2 is 1.81 bits per heavy atom. The van der Waals surface area contributed by atoms with Crippen molar-refractivity contribution in [1.82, 2.24) is 10.2 Å². The van der Waals surface area contributed by atoms with Crippen LogP contribution in [0.15, 0.2) is 48.5 Å². The Bertz CT molecular complexity index is 897. The lowest BCUT2D eigenvalue weighted by molar-refractivity contribution is -0.126. The molecule has 8 nitrogen and oxygen atoms in total. The SMILES string of the molecule is COc1ccccc1CNC(=O)C(C)N(C)CC(=O)Nc1ccc(N2CCOCC2)cc1. The van der Waals surface area contributed by atoms with Gasteiger partial charge in [-0.25, -0.2) is 0 Å². The quantitative estimate of drug-likeness (QED) is 0.622. The van der Waals surface area contributed by atoms with Crippen molar-refractivity contribution in [1.29, 1.82) is 0 Å². The molecular formula is C24H32N4O4. The lowest BCUT2D eigenvalue weighted by Gasteiger charge is -2.29. The molecule has 172 valence electrons. The van der Waals surface area contributed by atoms with Crippen molar-refractivity contribution in [2.75, 3.05) is 57.2 Å². The first-order valence-electron chi connectivity index (χ1n) is 10.8. The number of morpholine rings is 1. The maximum absolute atomic E-state index is 12.5. The molecule has 2 aromatic rings. The lowest BCUT2D eigenvalue weighted by Crippen LogP contribution is -2.45. The number of para-hydroxylation sites is 1. The molecule has 0 aliphatic carbocycles. The zero-order valence-corrected chi connectivity index (χ0v) is 19.0. The van der Waals surface area contributed by atoms with Crippen molar-refractivity contribution in [3.63, 3.8) is 0 Å². The largest absolute Gasteiger partial charge is 0.496 e. The highest BCUT2D eigenvalue weighted by Crippen LogP contribution is 2.19. The molecule has 0 saturated carbocycles. The summed E-state index contributed by atoms with van der Waals surface area (Å²) in [6.07, 6.45) is 0. The molecule has 1 atom stereocenters. The van der Waals surface area contributed by atoms with E-state index < -0.39 is 6.04 Å². The van der Waals surface area contributed by atoms with Crippen LogP contribution in [0.4, 0.5) is 11.4 Å². The number of nitrogens with one attached hydrogen (secondary N) is 2. The van der Waals surface area contributed by atoms with Gasteiger partial charge in [-0.05, 0) is 44.3 Å². The maximum atomic E-state index is 12.5. The molecule has 2 N–H and O–H groups in total. The van der Waals surface area contributed by atoms with E-state index in [1.807, 2.05) is 48.5 Å². The molecule has 0 radical (unpaired) electrons. The molecule has 8 heteroatoms. The summed E-state index contributed by atoms with van der Waals surface area (Å²) in [5, 5.41) is 5.81. The van der Waals surface area contributed by atoms with Gasteiger partial charge in [-0.3, -0.25) is 14.5 Å². The van der Waals surface area contributed by atoms with Gasteiger partial charge in [0.15, 0.2) is 0 Å². The van der Waals surface area contributed by atoms with E-state index in [1.165, 1.54) is 0 Å². The molecule has 1 saturated heterocycles. The van der Waals surface area contributed by atoms with Crippen LogP contribution in [0.3, 0.4) is 0 Å². The minimum atomic E-state index is -0.459. The van der Waals surface area contributed by atoms with Crippen LogP contribution in [0.25, 0.3) is 0 Å². The average molecular weight is 441 g/mol. The number of likely N-dealkylation sites (N-methyl/N-ethyl adjacent to an activating group) is 1. The number of carbonyl (C=O) groups is 2. The molecule has 0 bridgehead atoms. The van der Waals surface area contributed by atoms with E-state index in [2.05, 4.69) is 15.5 Å². The van der Waals surface area contributed by atoms with E-state index in [0.717, 1.165) is 49.0 Å². The number of rotatable bonds is 9. The van der Waals surface area contributed by atoms with Gasteiger partial charge in [0.1, 0.15) is 5.75 Å². The zero-order chi connectivity index (χ0) is 22.9. The van der Waals surface area contributed by atoms with Crippen LogP contribution in [0.5, 0.6) is 5.75 Å². The van der Waals surface area contributed by atoms with E-state index in [1.54, 1.807) is 26.0 Å². The Labute approximate surface area is 189 Å². The van der Waals surface area contributed by atoms with Gasteiger partial charge < -0.3 is 25.0 Å². The van der Waals surface area contributed by atoms with Gasteiger partial charge in [-0.15, -0.1) is 0 Å². The lowest BCUT2D eigenvalue weighted by atomic mass is 10.2. The van der Waals surface area contributed by atoms with Gasteiger partial charge in [-0.1, -0.05) is 18.2 Å². The molecule has 0 aromatic heterocycles. The first-order chi connectivity index (χ1) is 15.5. The Morgan fingerprint density at radius 1 is 1.12 bits per heavy atom. The topological polar surface area (TPSA) is 83.1 Å². The Balaban J connectivity index is 1.46.